The summed E-state index contributed by atoms with van der Waals surface area (Å²) in [6.07, 6.45) is 2.53. The standard InChI is InChI=1S/C19H19N3O2S/c1-2-15-8-6-7-11-18(15)21-16-12-13-19(20-14-16)22-25(23,24)17-9-4-3-5-10-17/h3-14,21H,2H2,1H3,(H,20,22). The fourth-order valence-corrected chi connectivity index (χ4v) is 3.46. The van der Waals surface area contributed by atoms with E-state index in [2.05, 4.69) is 28.0 Å². The molecule has 0 unspecified atom stereocenters. The minimum atomic E-state index is -3.63. The molecule has 0 radical (unpaired) electrons. The minimum absolute atomic E-state index is 0.205. The zero-order valence-corrected chi connectivity index (χ0v) is 14.6. The fraction of sp³-hybridized carbons (Fsp3) is 0.105. The van der Waals surface area contributed by atoms with Gasteiger partial charge in [0.05, 0.1) is 16.8 Å². The molecule has 0 fully saturated rings. The van der Waals surface area contributed by atoms with Crippen LogP contribution in [-0.4, -0.2) is 13.4 Å². The normalized spacial score (nSPS) is 11.1. The molecule has 25 heavy (non-hydrogen) atoms. The molecule has 0 amide bonds. The number of pyridine rings is 1. The van der Waals surface area contributed by atoms with E-state index < -0.39 is 10.0 Å². The van der Waals surface area contributed by atoms with Crippen molar-refractivity contribution in [3.05, 3.63) is 78.5 Å². The molecule has 0 atom stereocenters. The summed E-state index contributed by atoms with van der Waals surface area (Å²) >= 11 is 0. The molecule has 128 valence electrons. The second kappa shape index (κ2) is 7.36. The molecule has 2 aromatic carbocycles. The summed E-state index contributed by atoms with van der Waals surface area (Å²) in [4.78, 5) is 4.39. The predicted molar refractivity (Wildman–Crippen MR) is 101 cm³/mol. The first-order valence-corrected chi connectivity index (χ1v) is 9.45. The van der Waals surface area contributed by atoms with Gasteiger partial charge in [-0.15, -0.1) is 0 Å². The van der Waals surface area contributed by atoms with Crippen molar-refractivity contribution in [3.8, 4) is 0 Å². The van der Waals surface area contributed by atoms with Crippen LogP contribution in [0.3, 0.4) is 0 Å². The number of anilines is 3. The zero-order chi connectivity index (χ0) is 17.7. The molecule has 1 heterocycles. The van der Waals surface area contributed by atoms with E-state index in [0.29, 0.717) is 0 Å². The van der Waals surface area contributed by atoms with Crippen LogP contribution >= 0.6 is 0 Å². The Labute approximate surface area is 147 Å². The van der Waals surface area contributed by atoms with Crippen LogP contribution in [0.4, 0.5) is 17.2 Å². The highest BCUT2D eigenvalue weighted by molar-refractivity contribution is 7.92. The van der Waals surface area contributed by atoms with Gasteiger partial charge in [0, 0.05) is 5.69 Å². The predicted octanol–water partition coefficient (Wildman–Crippen LogP) is 4.19. The molecule has 0 aliphatic heterocycles. The lowest BCUT2D eigenvalue weighted by atomic mass is 10.1. The Bertz CT molecular complexity index is 940. The Morgan fingerprint density at radius 2 is 1.64 bits per heavy atom. The number of benzene rings is 2. The van der Waals surface area contributed by atoms with Gasteiger partial charge in [-0.2, -0.15) is 0 Å². The van der Waals surface area contributed by atoms with Gasteiger partial charge in [0.25, 0.3) is 10.0 Å². The van der Waals surface area contributed by atoms with E-state index >= 15 is 0 Å². The number of rotatable bonds is 6. The Morgan fingerprint density at radius 1 is 0.920 bits per heavy atom. The maximum Gasteiger partial charge on any atom is 0.263 e. The van der Waals surface area contributed by atoms with E-state index in [1.807, 2.05) is 18.2 Å². The summed E-state index contributed by atoms with van der Waals surface area (Å²) < 4.78 is 27.1. The lowest BCUT2D eigenvalue weighted by molar-refractivity contribution is 0.601. The molecular formula is C19H19N3O2S. The smallest absolute Gasteiger partial charge is 0.263 e. The summed E-state index contributed by atoms with van der Waals surface area (Å²) in [6.45, 7) is 2.10. The number of nitrogens with one attached hydrogen (secondary N) is 2. The van der Waals surface area contributed by atoms with Gasteiger partial charge < -0.3 is 5.32 Å². The lowest BCUT2D eigenvalue weighted by Crippen LogP contribution is -2.13. The van der Waals surface area contributed by atoms with Crippen LogP contribution in [0.2, 0.25) is 0 Å². The van der Waals surface area contributed by atoms with Gasteiger partial charge in [-0.1, -0.05) is 43.3 Å². The minimum Gasteiger partial charge on any atom is -0.354 e. The van der Waals surface area contributed by atoms with Crippen molar-refractivity contribution < 1.29 is 8.42 Å². The van der Waals surface area contributed by atoms with Gasteiger partial charge in [-0.05, 0) is 42.3 Å². The average Bonchev–Trinajstić information content (AvgIpc) is 2.64. The third kappa shape index (κ3) is 4.16. The Morgan fingerprint density at radius 3 is 2.32 bits per heavy atom. The fourth-order valence-electron chi connectivity index (χ4n) is 2.43. The Hall–Kier alpha value is -2.86. The van der Waals surface area contributed by atoms with Crippen LogP contribution in [0.1, 0.15) is 12.5 Å². The summed E-state index contributed by atoms with van der Waals surface area (Å²) in [6, 6.07) is 19.7. The largest absolute Gasteiger partial charge is 0.354 e. The van der Waals surface area contributed by atoms with Gasteiger partial charge in [-0.25, -0.2) is 13.4 Å². The molecule has 5 nitrogen and oxygen atoms in total. The zero-order valence-electron chi connectivity index (χ0n) is 13.8. The van der Waals surface area contributed by atoms with Crippen molar-refractivity contribution in [1.82, 2.24) is 4.98 Å². The topological polar surface area (TPSA) is 71.1 Å². The summed E-state index contributed by atoms with van der Waals surface area (Å²) in [5.41, 5.74) is 3.02. The molecule has 2 N–H and O–H groups in total. The van der Waals surface area contributed by atoms with Crippen molar-refractivity contribution in [1.29, 1.82) is 0 Å². The van der Waals surface area contributed by atoms with Crippen LogP contribution in [0.15, 0.2) is 77.8 Å². The number of sulfonamides is 1. The summed E-state index contributed by atoms with van der Waals surface area (Å²) in [5, 5.41) is 3.31. The SMILES string of the molecule is CCc1ccccc1Nc1ccc(NS(=O)(=O)c2ccccc2)nc1. The van der Waals surface area contributed by atoms with Crippen LogP contribution < -0.4 is 10.0 Å². The molecule has 1 aromatic heterocycles. The maximum atomic E-state index is 12.3. The van der Waals surface area contributed by atoms with E-state index in [0.717, 1.165) is 17.8 Å². The van der Waals surface area contributed by atoms with Crippen molar-refractivity contribution in [2.75, 3.05) is 10.0 Å². The lowest BCUT2D eigenvalue weighted by Gasteiger charge is -2.11. The first kappa shape index (κ1) is 17.0. The molecule has 6 heteroatoms. The maximum absolute atomic E-state index is 12.3. The molecule has 0 aliphatic carbocycles. The molecule has 0 spiro atoms. The van der Waals surface area contributed by atoms with Crippen LogP contribution in [0.25, 0.3) is 0 Å². The highest BCUT2D eigenvalue weighted by Crippen LogP contribution is 2.22. The van der Waals surface area contributed by atoms with Gasteiger partial charge in [-0.3, -0.25) is 4.72 Å². The van der Waals surface area contributed by atoms with Crippen molar-refractivity contribution >= 4 is 27.2 Å². The molecular weight excluding hydrogens is 334 g/mol. The monoisotopic (exact) mass is 353 g/mol. The molecule has 0 saturated carbocycles. The second-order valence-electron chi connectivity index (χ2n) is 5.49. The van der Waals surface area contributed by atoms with Gasteiger partial charge >= 0.3 is 0 Å². The third-order valence-corrected chi connectivity index (χ3v) is 5.10. The van der Waals surface area contributed by atoms with E-state index in [-0.39, 0.29) is 10.7 Å². The molecule has 3 rings (SSSR count). The van der Waals surface area contributed by atoms with Crippen molar-refractivity contribution in [3.63, 3.8) is 0 Å². The van der Waals surface area contributed by atoms with Crippen LogP contribution in [0.5, 0.6) is 0 Å². The van der Waals surface area contributed by atoms with E-state index in [4.69, 9.17) is 0 Å². The average molecular weight is 353 g/mol. The quantitative estimate of drug-likeness (QED) is 0.697. The number of aryl methyl sites for hydroxylation is 1. The molecule has 0 aliphatic rings. The second-order valence-corrected chi connectivity index (χ2v) is 7.17. The van der Waals surface area contributed by atoms with Gasteiger partial charge in [0.2, 0.25) is 0 Å². The third-order valence-electron chi connectivity index (χ3n) is 3.73. The number of hydrogen-bond donors (Lipinski definition) is 2. The van der Waals surface area contributed by atoms with E-state index in [1.54, 1.807) is 48.7 Å². The Kier molecular flexibility index (Phi) is 5.00. The van der Waals surface area contributed by atoms with Crippen molar-refractivity contribution in [2.45, 2.75) is 18.2 Å². The highest BCUT2D eigenvalue weighted by Gasteiger charge is 2.13. The number of para-hydroxylation sites is 1. The van der Waals surface area contributed by atoms with Crippen LogP contribution in [-0.2, 0) is 16.4 Å². The van der Waals surface area contributed by atoms with Crippen molar-refractivity contribution in [2.24, 2.45) is 0 Å². The van der Waals surface area contributed by atoms with Gasteiger partial charge in [0.15, 0.2) is 0 Å². The number of nitrogens with zero attached hydrogens (tertiary/aromatic N) is 1. The Balaban J connectivity index is 1.74. The summed E-state index contributed by atoms with van der Waals surface area (Å²) in [7, 11) is -3.63. The molecule has 0 bridgehead atoms. The van der Waals surface area contributed by atoms with E-state index in [1.165, 1.54) is 5.56 Å². The first-order chi connectivity index (χ1) is 12.1. The van der Waals surface area contributed by atoms with Crippen LogP contribution in [0, 0.1) is 0 Å². The van der Waals surface area contributed by atoms with E-state index in [9.17, 15) is 8.42 Å². The number of hydrogen-bond acceptors (Lipinski definition) is 4. The summed E-state index contributed by atoms with van der Waals surface area (Å²) in [5.74, 6) is 0.276. The number of aromatic nitrogens is 1. The molecule has 3 aromatic rings. The van der Waals surface area contributed by atoms with Gasteiger partial charge in [0.1, 0.15) is 5.82 Å². The molecule has 0 saturated heterocycles. The highest BCUT2D eigenvalue weighted by atomic mass is 32.2. The first-order valence-electron chi connectivity index (χ1n) is 7.97.